The van der Waals surface area contributed by atoms with E-state index in [-0.39, 0.29) is 5.92 Å². The van der Waals surface area contributed by atoms with Crippen LogP contribution in [0.15, 0.2) is 30.3 Å². The fraction of sp³-hybridized carbons (Fsp3) is 0.353. The van der Waals surface area contributed by atoms with Crippen LogP contribution in [0, 0.1) is 17.2 Å². The highest BCUT2D eigenvalue weighted by Crippen LogP contribution is 2.15. The number of nitrogens with one attached hydrogen (secondary N) is 1. The molecule has 1 aromatic rings. The molecule has 1 aromatic carbocycles. The molecule has 0 aromatic heterocycles. The second-order valence-electron chi connectivity index (χ2n) is 5.51. The molecule has 0 heterocycles. The summed E-state index contributed by atoms with van der Waals surface area (Å²) in [7, 11) is 0. The van der Waals surface area contributed by atoms with Crippen molar-refractivity contribution in [2.24, 2.45) is 5.92 Å². The predicted octanol–water partition coefficient (Wildman–Crippen LogP) is 2.95. The highest BCUT2D eigenvalue weighted by molar-refractivity contribution is 6.30. The summed E-state index contributed by atoms with van der Waals surface area (Å²) in [6.45, 7) is 4.83. The molecule has 0 unspecified atom stereocenters. The third-order valence-electron chi connectivity index (χ3n) is 3.39. The van der Waals surface area contributed by atoms with Crippen LogP contribution in [0.5, 0.6) is 0 Å². The standard InChI is InChI=1S/C17H19ClN2O3/c1-12(2)17(3,11-19)20-15(21)10-23-16(22)8-7-13-5-4-6-14(18)9-13/h4-9,12H,10H2,1-3H3,(H,20,21)/b8-7+/t17-/m0/s1. The van der Waals surface area contributed by atoms with Crippen LogP contribution in [-0.4, -0.2) is 24.0 Å². The van der Waals surface area contributed by atoms with Gasteiger partial charge >= 0.3 is 5.97 Å². The smallest absolute Gasteiger partial charge is 0.331 e. The molecule has 0 radical (unpaired) electrons. The predicted molar refractivity (Wildman–Crippen MR) is 88.4 cm³/mol. The fourth-order valence-electron chi connectivity index (χ4n) is 1.59. The van der Waals surface area contributed by atoms with E-state index in [0.717, 1.165) is 5.56 Å². The lowest BCUT2D eigenvalue weighted by molar-refractivity contribution is -0.144. The largest absolute Gasteiger partial charge is 0.452 e. The first-order chi connectivity index (χ1) is 10.8. The van der Waals surface area contributed by atoms with Gasteiger partial charge in [-0.15, -0.1) is 0 Å². The van der Waals surface area contributed by atoms with E-state index in [4.69, 9.17) is 21.6 Å². The number of benzene rings is 1. The molecule has 122 valence electrons. The topological polar surface area (TPSA) is 79.2 Å². The van der Waals surface area contributed by atoms with E-state index >= 15 is 0 Å². The Bertz CT molecular complexity index is 649. The number of esters is 1. The van der Waals surface area contributed by atoms with Gasteiger partial charge in [-0.3, -0.25) is 4.79 Å². The zero-order chi connectivity index (χ0) is 17.5. The Hall–Kier alpha value is -2.32. The molecular formula is C17H19ClN2O3. The zero-order valence-electron chi connectivity index (χ0n) is 13.3. The van der Waals surface area contributed by atoms with Gasteiger partial charge in [-0.2, -0.15) is 5.26 Å². The Labute approximate surface area is 140 Å². The molecule has 1 N–H and O–H groups in total. The first-order valence-corrected chi connectivity index (χ1v) is 7.47. The van der Waals surface area contributed by atoms with Crippen LogP contribution in [0.4, 0.5) is 0 Å². The molecule has 0 saturated carbocycles. The minimum Gasteiger partial charge on any atom is -0.452 e. The number of carbonyl (C=O) groups is 2. The summed E-state index contributed by atoms with van der Waals surface area (Å²) < 4.78 is 4.85. The van der Waals surface area contributed by atoms with E-state index in [1.165, 1.54) is 6.08 Å². The van der Waals surface area contributed by atoms with E-state index in [0.29, 0.717) is 5.02 Å². The van der Waals surface area contributed by atoms with Crippen molar-refractivity contribution in [2.45, 2.75) is 26.3 Å². The molecule has 0 bridgehead atoms. The molecule has 23 heavy (non-hydrogen) atoms. The van der Waals surface area contributed by atoms with Crippen molar-refractivity contribution in [3.8, 4) is 6.07 Å². The molecular weight excluding hydrogens is 316 g/mol. The monoisotopic (exact) mass is 334 g/mol. The maximum Gasteiger partial charge on any atom is 0.331 e. The fourth-order valence-corrected chi connectivity index (χ4v) is 1.79. The quantitative estimate of drug-likeness (QED) is 0.640. The van der Waals surface area contributed by atoms with Gasteiger partial charge < -0.3 is 10.1 Å². The molecule has 0 aliphatic rings. The molecule has 0 spiro atoms. The maximum atomic E-state index is 11.8. The Morgan fingerprint density at radius 2 is 2.17 bits per heavy atom. The van der Waals surface area contributed by atoms with Crippen LogP contribution < -0.4 is 5.32 Å². The molecule has 0 fully saturated rings. The number of carbonyl (C=O) groups excluding carboxylic acids is 2. The number of nitriles is 1. The van der Waals surface area contributed by atoms with Crippen molar-refractivity contribution >= 4 is 29.6 Å². The van der Waals surface area contributed by atoms with Crippen LogP contribution in [0.2, 0.25) is 5.02 Å². The summed E-state index contributed by atoms with van der Waals surface area (Å²) >= 11 is 5.83. The Morgan fingerprint density at radius 3 is 2.74 bits per heavy atom. The number of hydrogen-bond acceptors (Lipinski definition) is 4. The number of nitrogens with zero attached hydrogens (tertiary/aromatic N) is 1. The third-order valence-corrected chi connectivity index (χ3v) is 3.63. The highest BCUT2D eigenvalue weighted by Gasteiger charge is 2.30. The summed E-state index contributed by atoms with van der Waals surface area (Å²) in [5.74, 6) is -1.24. The van der Waals surface area contributed by atoms with E-state index in [1.54, 1.807) is 37.3 Å². The summed E-state index contributed by atoms with van der Waals surface area (Å²) in [5.41, 5.74) is -0.254. The van der Waals surface area contributed by atoms with E-state index in [1.807, 2.05) is 19.9 Å². The molecule has 1 atom stereocenters. The maximum absolute atomic E-state index is 11.8. The summed E-state index contributed by atoms with van der Waals surface area (Å²) in [5, 5.41) is 12.2. The van der Waals surface area contributed by atoms with Gasteiger partial charge in [0, 0.05) is 11.1 Å². The minimum absolute atomic E-state index is 0.0742. The van der Waals surface area contributed by atoms with Gasteiger partial charge in [-0.1, -0.05) is 37.6 Å². The lowest BCUT2D eigenvalue weighted by Gasteiger charge is -2.27. The number of ether oxygens (including phenoxy) is 1. The highest BCUT2D eigenvalue weighted by atomic mass is 35.5. The SMILES string of the molecule is CC(C)[C@](C)(C#N)NC(=O)COC(=O)/C=C/c1cccc(Cl)c1. The molecule has 1 rings (SSSR count). The Morgan fingerprint density at radius 1 is 1.48 bits per heavy atom. The van der Waals surface area contributed by atoms with Crippen molar-refractivity contribution < 1.29 is 14.3 Å². The Kier molecular flexibility index (Phi) is 6.80. The van der Waals surface area contributed by atoms with E-state index in [9.17, 15) is 9.59 Å². The van der Waals surface area contributed by atoms with Gasteiger partial charge in [0.1, 0.15) is 5.54 Å². The lowest BCUT2D eigenvalue weighted by atomic mass is 9.90. The first-order valence-electron chi connectivity index (χ1n) is 7.09. The van der Waals surface area contributed by atoms with Crippen LogP contribution in [-0.2, 0) is 14.3 Å². The number of rotatable bonds is 6. The van der Waals surface area contributed by atoms with Crippen molar-refractivity contribution in [3.63, 3.8) is 0 Å². The average molecular weight is 335 g/mol. The van der Waals surface area contributed by atoms with E-state index < -0.39 is 24.0 Å². The van der Waals surface area contributed by atoms with Gasteiger partial charge in [0.2, 0.25) is 0 Å². The van der Waals surface area contributed by atoms with Crippen molar-refractivity contribution in [3.05, 3.63) is 40.9 Å². The van der Waals surface area contributed by atoms with Crippen LogP contribution in [0.25, 0.3) is 6.08 Å². The van der Waals surface area contributed by atoms with Crippen molar-refractivity contribution in [2.75, 3.05) is 6.61 Å². The van der Waals surface area contributed by atoms with Gasteiger partial charge in [0.15, 0.2) is 6.61 Å². The van der Waals surface area contributed by atoms with Crippen LogP contribution >= 0.6 is 11.6 Å². The lowest BCUT2D eigenvalue weighted by Crippen LogP contribution is -2.50. The van der Waals surface area contributed by atoms with Crippen LogP contribution in [0.3, 0.4) is 0 Å². The van der Waals surface area contributed by atoms with E-state index in [2.05, 4.69) is 5.32 Å². The van der Waals surface area contributed by atoms with Crippen molar-refractivity contribution in [1.82, 2.24) is 5.32 Å². The second-order valence-corrected chi connectivity index (χ2v) is 5.95. The van der Waals surface area contributed by atoms with Gasteiger partial charge in [0.25, 0.3) is 5.91 Å². The number of hydrogen-bond donors (Lipinski definition) is 1. The number of halogens is 1. The van der Waals surface area contributed by atoms with Crippen LogP contribution in [0.1, 0.15) is 26.3 Å². The molecule has 5 nitrogen and oxygen atoms in total. The molecule has 0 saturated heterocycles. The first kappa shape index (κ1) is 18.7. The molecule has 1 amide bonds. The summed E-state index contributed by atoms with van der Waals surface area (Å²) in [6.07, 6.45) is 2.75. The van der Waals surface area contributed by atoms with Gasteiger partial charge in [0.05, 0.1) is 6.07 Å². The van der Waals surface area contributed by atoms with Crippen molar-refractivity contribution in [1.29, 1.82) is 5.26 Å². The number of amides is 1. The van der Waals surface area contributed by atoms with Gasteiger partial charge in [-0.05, 0) is 36.6 Å². The summed E-state index contributed by atoms with van der Waals surface area (Å²) in [6, 6.07) is 9.01. The Balaban J connectivity index is 2.50. The zero-order valence-corrected chi connectivity index (χ0v) is 14.1. The molecule has 6 heteroatoms. The summed E-state index contributed by atoms with van der Waals surface area (Å²) in [4.78, 5) is 23.4. The third kappa shape index (κ3) is 6.13. The second kappa shape index (κ2) is 8.35. The average Bonchev–Trinajstić information content (AvgIpc) is 2.50. The van der Waals surface area contributed by atoms with Gasteiger partial charge in [-0.25, -0.2) is 4.79 Å². The minimum atomic E-state index is -1.000. The molecule has 0 aliphatic heterocycles. The normalized spacial score (nSPS) is 13.4. The molecule has 0 aliphatic carbocycles.